The van der Waals surface area contributed by atoms with Crippen molar-refractivity contribution in [2.45, 2.75) is 26.2 Å². The molecule has 1 saturated heterocycles. The number of carbonyl (C=O) groups is 1. The molecule has 0 aromatic rings. The molecule has 1 rings (SSSR count). The first-order valence-corrected chi connectivity index (χ1v) is 4.36. The highest BCUT2D eigenvalue weighted by Crippen LogP contribution is 2.21. The molecule has 0 aromatic heterocycles. The van der Waals surface area contributed by atoms with Crippen LogP contribution < -0.4 is 0 Å². The average molecular weight is 156 g/mol. The maximum Gasteiger partial charge on any atom is 0.122 e. The molecule has 0 saturated carbocycles. The minimum absolute atomic E-state index is 0.234. The lowest BCUT2D eigenvalue weighted by molar-refractivity contribution is -0.111. The lowest BCUT2D eigenvalue weighted by Crippen LogP contribution is -2.18. The molecule has 1 fully saturated rings. The molecule has 0 spiro atoms. The molecule has 0 amide bonds. The molecule has 1 aliphatic rings. The van der Waals surface area contributed by atoms with Crippen molar-refractivity contribution in [2.24, 2.45) is 11.8 Å². The third kappa shape index (κ3) is 3.02. The van der Waals surface area contributed by atoms with E-state index in [0.29, 0.717) is 0 Å². The quantitative estimate of drug-likeness (QED) is 0.581. The Labute approximate surface area is 67.9 Å². The number of aldehydes is 1. The van der Waals surface area contributed by atoms with Gasteiger partial charge in [0.15, 0.2) is 0 Å². The molecule has 2 nitrogen and oxygen atoms in total. The van der Waals surface area contributed by atoms with Crippen molar-refractivity contribution in [1.29, 1.82) is 0 Å². The van der Waals surface area contributed by atoms with Gasteiger partial charge in [0.2, 0.25) is 0 Å². The molecule has 0 radical (unpaired) electrons. The molecule has 1 aliphatic heterocycles. The first-order valence-electron chi connectivity index (χ1n) is 4.36. The van der Waals surface area contributed by atoms with Crippen LogP contribution >= 0.6 is 0 Å². The van der Waals surface area contributed by atoms with Crippen LogP contribution in [0.5, 0.6) is 0 Å². The Bertz CT molecular complexity index is 117. The Balaban J connectivity index is 2.18. The van der Waals surface area contributed by atoms with Gasteiger partial charge in [-0.1, -0.05) is 6.92 Å². The molecular formula is C9H16O2. The summed E-state index contributed by atoms with van der Waals surface area (Å²) in [7, 11) is 0. The van der Waals surface area contributed by atoms with Crippen molar-refractivity contribution in [3.63, 3.8) is 0 Å². The second-order valence-electron chi connectivity index (χ2n) is 3.40. The van der Waals surface area contributed by atoms with Gasteiger partial charge in [0, 0.05) is 19.1 Å². The third-order valence-electron chi connectivity index (χ3n) is 2.28. The minimum atomic E-state index is 0.234. The predicted molar refractivity (Wildman–Crippen MR) is 43.4 cm³/mol. The van der Waals surface area contributed by atoms with Crippen LogP contribution in [-0.4, -0.2) is 19.5 Å². The summed E-state index contributed by atoms with van der Waals surface area (Å²) in [6, 6.07) is 0. The summed E-state index contributed by atoms with van der Waals surface area (Å²) in [5.74, 6) is 0.960. The first-order chi connectivity index (χ1) is 5.33. The average Bonchev–Trinajstić information content (AvgIpc) is 2.06. The molecule has 11 heavy (non-hydrogen) atoms. The normalized spacial score (nSPS) is 23.0. The molecule has 1 heterocycles. The van der Waals surface area contributed by atoms with E-state index in [1.807, 2.05) is 6.92 Å². The van der Waals surface area contributed by atoms with Gasteiger partial charge >= 0.3 is 0 Å². The van der Waals surface area contributed by atoms with Gasteiger partial charge in [0.1, 0.15) is 6.29 Å². The maximum absolute atomic E-state index is 10.3. The van der Waals surface area contributed by atoms with E-state index < -0.39 is 0 Å². The number of carbonyl (C=O) groups excluding carboxylic acids is 1. The van der Waals surface area contributed by atoms with Crippen LogP contribution in [0.25, 0.3) is 0 Å². The third-order valence-corrected chi connectivity index (χ3v) is 2.28. The van der Waals surface area contributed by atoms with E-state index in [1.165, 1.54) is 0 Å². The fourth-order valence-electron chi connectivity index (χ4n) is 1.56. The van der Waals surface area contributed by atoms with Crippen LogP contribution in [0, 0.1) is 11.8 Å². The van der Waals surface area contributed by atoms with Crippen LogP contribution in [0.15, 0.2) is 0 Å². The number of ether oxygens (including phenoxy) is 1. The topological polar surface area (TPSA) is 26.3 Å². The van der Waals surface area contributed by atoms with Crippen molar-refractivity contribution in [3.05, 3.63) is 0 Å². The SMILES string of the molecule is C[C@@H](C=O)CC1CCOCC1. The highest BCUT2D eigenvalue weighted by molar-refractivity contribution is 5.52. The van der Waals surface area contributed by atoms with Crippen LogP contribution in [0.1, 0.15) is 26.2 Å². The molecule has 0 N–H and O–H groups in total. The Morgan fingerprint density at radius 3 is 2.73 bits per heavy atom. The summed E-state index contributed by atoms with van der Waals surface area (Å²) in [4.78, 5) is 10.3. The number of hydrogen-bond acceptors (Lipinski definition) is 2. The monoisotopic (exact) mass is 156 g/mol. The van der Waals surface area contributed by atoms with Crippen molar-refractivity contribution < 1.29 is 9.53 Å². The van der Waals surface area contributed by atoms with Crippen molar-refractivity contribution in [3.8, 4) is 0 Å². The van der Waals surface area contributed by atoms with E-state index in [4.69, 9.17) is 4.74 Å². The maximum atomic E-state index is 10.3. The standard InChI is InChI=1S/C9H16O2/c1-8(7-10)6-9-2-4-11-5-3-9/h7-9H,2-6H2,1H3/t8-/m1/s1. The van der Waals surface area contributed by atoms with Crippen LogP contribution in [-0.2, 0) is 9.53 Å². The Kier molecular flexibility index (Phi) is 3.57. The summed E-state index contributed by atoms with van der Waals surface area (Å²) in [5, 5.41) is 0. The zero-order chi connectivity index (χ0) is 8.10. The second-order valence-corrected chi connectivity index (χ2v) is 3.40. The molecule has 0 bridgehead atoms. The van der Waals surface area contributed by atoms with Gasteiger partial charge in [0.05, 0.1) is 0 Å². The lowest BCUT2D eigenvalue weighted by Gasteiger charge is -2.22. The van der Waals surface area contributed by atoms with Gasteiger partial charge in [-0.2, -0.15) is 0 Å². The zero-order valence-electron chi connectivity index (χ0n) is 7.08. The zero-order valence-corrected chi connectivity index (χ0v) is 7.08. The van der Waals surface area contributed by atoms with Gasteiger partial charge in [0.25, 0.3) is 0 Å². The largest absolute Gasteiger partial charge is 0.381 e. The van der Waals surface area contributed by atoms with Crippen molar-refractivity contribution in [2.75, 3.05) is 13.2 Å². The number of hydrogen-bond donors (Lipinski definition) is 0. The summed E-state index contributed by atoms with van der Waals surface area (Å²) in [6.45, 7) is 3.76. The molecule has 64 valence electrons. The van der Waals surface area contributed by atoms with Gasteiger partial charge in [-0.05, 0) is 25.2 Å². The van der Waals surface area contributed by atoms with E-state index in [0.717, 1.165) is 44.7 Å². The molecule has 0 aromatic carbocycles. The lowest BCUT2D eigenvalue weighted by atomic mass is 9.90. The van der Waals surface area contributed by atoms with Gasteiger partial charge in [-0.3, -0.25) is 0 Å². The van der Waals surface area contributed by atoms with Crippen LogP contribution in [0.4, 0.5) is 0 Å². The van der Waals surface area contributed by atoms with Crippen LogP contribution in [0.3, 0.4) is 0 Å². The molecular weight excluding hydrogens is 140 g/mol. The summed E-state index contributed by atoms with van der Waals surface area (Å²) < 4.78 is 5.23. The summed E-state index contributed by atoms with van der Waals surface area (Å²) >= 11 is 0. The van der Waals surface area contributed by atoms with E-state index in [9.17, 15) is 4.79 Å². The van der Waals surface area contributed by atoms with Crippen LogP contribution in [0.2, 0.25) is 0 Å². The molecule has 0 unspecified atom stereocenters. The Hall–Kier alpha value is -0.370. The fourth-order valence-corrected chi connectivity index (χ4v) is 1.56. The van der Waals surface area contributed by atoms with E-state index >= 15 is 0 Å². The van der Waals surface area contributed by atoms with E-state index in [2.05, 4.69) is 0 Å². The summed E-state index contributed by atoms with van der Waals surface area (Å²) in [5.41, 5.74) is 0. The van der Waals surface area contributed by atoms with Crippen molar-refractivity contribution in [1.82, 2.24) is 0 Å². The first kappa shape index (κ1) is 8.72. The van der Waals surface area contributed by atoms with Crippen molar-refractivity contribution >= 4 is 6.29 Å². The van der Waals surface area contributed by atoms with Gasteiger partial charge in [-0.15, -0.1) is 0 Å². The van der Waals surface area contributed by atoms with Gasteiger partial charge < -0.3 is 9.53 Å². The van der Waals surface area contributed by atoms with E-state index in [1.54, 1.807) is 0 Å². The second kappa shape index (κ2) is 4.50. The smallest absolute Gasteiger partial charge is 0.122 e. The Morgan fingerprint density at radius 1 is 1.55 bits per heavy atom. The predicted octanol–water partition coefficient (Wildman–Crippen LogP) is 1.64. The minimum Gasteiger partial charge on any atom is -0.381 e. The van der Waals surface area contributed by atoms with E-state index in [-0.39, 0.29) is 5.92 Å². The number of rotatable bonds is 3. The highest BCUT2D eigenvalue weighted by atomic mass is 16.5. The molecule has 1 atom stereocenters. The molecule has 0 aliphatic carbocycles. The fraction of sp³-hybridized carbons (Fsp3) is 0.889. The Morgan fingerprint density at radius 2 is 2.18 bits per heavy atom. The molecule has 2 heteroatoms. The highest BCUT2D eigenvalue weighted by Gasteiger charge is 2.15. The summed E-state index contributed by atoms with van der Waals surface area (Å²) in [6.07, 6.45) is 4.37. The van der Waals surface area contributed by atoms with Gasteiger partial charge in [-0.25, -0.2) is 0 Å².